The third-order valence-electron chi connectivity index (χ3n) is 5.27. The molecule has 0 aliphatic carbocycles. The van der Waals surface area contributed by atoms with Crippen molar-refractivity contribution in [1.29, 1.82) is 0 Å². The molecule has 2 heterocycles. The van der Waals surface area contributed by atoms with Crippen LogP contribution in [0.2, 0.25) is 0 Å². The third-order valence-corrected chi connectivity index (χ3v) is 5.27. The highest BCUT2D eigenvalue weighted by atomic mass is 16.2. The number of H-pyrrole nitrogens is 1. The van der Waals surface area contributed by atoms with Gasteiger partial charge in [-0.05, 0) is 43.3 Å². The molecule has 152 valence electrons. The Balaban J connectivity index is 1.38. The minimum Gasteiger partial charge on any atom is -0.338 e. The number of hydrogen-bond acceptors (Lipinski definition) is 4. The number of nitrogens with one attached hydrogen (secondary N) is 2. The largest absolute Gasteiger partial charge is 0.338 e. The summed E-state index contributed by atoms with van der Waals surface area (Å²) in [5.41, 5.74) is 4.50. The first-order chi connectivity index (χ1) is 15.0. The van der Waals surface area contributed by atoms with Gasteiger partial charge in [0.15, 0.2) is 0 Å². The fourth-order valence-corrected chi connectivity index (χ4v) is 3.76. The van der Waals surface area contributed by atoms with Crippen molar-refractivity contribution in [3.05, 3.63) is 83.4 Å². The lowest BCUT2D eigenvalue weighted by Gasteiger charge is -2.15. The quantitative estimate of drug-likeness (QED) is 0.501. The van der Waals surface area contributed by atoms with E-state index in [1.807, 2.05) is 43.3 Å². The first kappa shape index (κ1) is 18.7. The molecule has 0 saturated heterocycles. The lowest BCUT2D eigenvalue weighted by Crippen LogP contribution is -2.37. The van der Waals surface area contributed by atoms with Crippen molar-refractivity contribution >= 4 is 34.4 Å². The van der Waals surface area contributed by atoms with Crippen LogP contribution in [0.4, 0.5) is 5.69 Å². The van der Waals surface area contributed by atoms with Gasteiger partial charge in [0.25, 0.3) is 11.8 Å². The van der Waals surface area contributed by atoms with Crippen LogP contribution in [0.15, 0.2) is 66.7 Å². The SMILES string of the molecule is Cc1ccc2c(c1)C(=O)N(CC(=O)Nc1ccccc1-c1nc3ccccc3[nH]1)C2=O. The first-order valence-electron chi connectivity index (χ1n) is 9.82. The Hall–Kier alpha value is -4.26. The van der Waals surface area contributed by atoms with E-state index in [2.05, 4.69) is 15.3 Å². The van der Waals surface area contributed by atoms with Gasteiger partial charge in [-0.3, -0.25) is 19.3 Å². The topological polar surface area (TPSA) is 95.2 Å². The molecule has 0 saturated carbocycles. The molecular formula is C24H18N4O3. The number of imide groups is 1. The van der Waals surface area contributed by atoms with Gasteiger partial charge >= 0.3 is 0 Å². The summed E-state index contributed by atoms with van der Waals surface area (Å²) in [4.78, 5) is 46.8. The molecule has 0 unspecified atom stereocenters. The average Bonchev–Trinajstić information content (AvgIpc) is 3.29. The van der Waals surface area contributed by atoms with E-state index in [9.17, 15) is 14.4 Å². The second-order valence-electron chi connectivity index (χ2n) is 7.44. The minimum atomic E-state index is -0.463. The number of carbonyl (C=O) groups excluding carboxylic acids is 3. The number of nitrogens with zero attached hydrogens (tertiary/aromatic N) is 2. The summed E-state index contributed by atoms with van der Waals surface area (Å²) >= 11 is 0. The van der Waals surface area contributed by atoms with Crippen LogP contribution in [0.1, 0.15) is 26.3 Å². The summed E-state index contributed by atoms with van der Waals surface area (Å²) in [6.45, 7) is 1.49. The van der Waals surface area contributed by atoms with E-state index in [1.54, 1.807) is 30.3 Å². The van der Waals surface area contributed by atoms with Crippen LogP contribution in [0.3, 0.4) is 0 Å². The maximum absolute atomic E-state index is 12.7. The maximum Gasteiger partial charge on any atom is 0.262 e. The molecule has 4 aromatic rings. The minimum absolute atomic E-state index is 0.325. The van der Waals surface area contributed by atoms with Gasteiger partial charge in [-0.15, -0.1) is 0 Å². The Morgan fingerprint density at radius 3 is 2.52 bits per heavy atom. The zero-order valence-electron chi connectivity index (χ0n) is 16.7. The van der Waals surface area contributed by atoms with Crippen molar-refractivity contribution in [3.63, 3.8) is 0 Å². The van der Waals surface area contributed by atoms with E-state index in [1.165, 1.54) is 0 Å². The first-order valence-corrected chi connectivity index (χ1v) is 9.82. The van der Waals surface area contributed by atoms with E-state index in [4.69, 9.17) is 0 Å². The van der Waals surface area contributed by atoms with Gasteiger partial charge in [0.1, 0.15) is 12.4 Å². The highest BCUT2D eigenvalue weighted by molar-refractivity contribution is 6.22. The molecule has 0 spiro atoms. The second-order valence-corrected chi connectivity index (χ2v) is 7.44. The predicted octanol–water partition coefficient (Wildman–Crippen LogP) is 3.77. The number of rotatable bonds is 4. The van der Waals surface area contributed by atoms with E-state index < -0.39 is 17.7 Å². The molecule has 0 atom stereocenters. The van der Waals surface area contributed by atoms with E-state index in [0.29, 0.717) is 28.2 Å². The van der Waals surface area contributed by atoms with Gasteiger partial charge in [-0.2, -0.15) is 0 Å². The van der Waals surface area contributed by atoms with Crippen LogP contribution < -0.4 is 5.32 Å². The second kappa shape index (κ2) is 7.21. The summed E-state index contributed by atoms with van der Waals surface area (Å²) in [6, 6.07) is 20.0. The van der Waals surface area contributed by atoms with Crippen molar-refractivity contribution in [3.8, 4) is 11.4 Å². The summed E-state index contributed by atoms with van der Waals surface area (Å²) in [6.07, 6.45) is 0. The number of para-hydroxylation sites is 3. The Kier molecular flexibility index (Phi) is 4.36. The molecule has 2 N–H and O–H groups in total. The zero-order valence-corrected chi connectivity index (χ0v) is 16.7. The van der Waals surface area contributed by atoms with Gasteiger partial charge in [-0.25, -0.2) is 4.98 Å². The highest BCUT2D eigenvalue weighted by Crippen LogP contribution is 2.28. The molecule has 0 fully saturated rings. The van der Waals surface area contributed by atoms with E-state index >= 15 is 0 Å². The lowest BCUT2D eigenvalue weighted by molar-refractivity contribution is -0.116. The van der Waals surface area contributed by atoms with Crippen LogP contribution in [0.5, 0.6) is 0 Å². The van der Waals surface area contributed by atoms with Crippen LogP contribution in [0.25, 0.3) is 22.4 Å². The van der Waals surface area contributed by atoms with Crippen molar-refractivity contribution in [2.24, 2.45) is 0 Å². The number of carbonyl (C=O) groups is 3. The standard InChI is InChI=1S/C24H18N4O3/c1-14-10-11-15-17(12-14)24(31)28(23(15)30)13-21(29)25-18-7-3-2-6-16(18)22-26-19-8-4-5-9-20(19)27-22/h2-12H,13H2,1H3,(H,25,29)(H,26,27). The molecule has 31 heavy (non-hydrogen) atoms. The third kappa shape index (κ3) is 3.26. The van der Waals surface area contributed by atoms with Crippen molar-refractivity contribution in [2.75, 3.05) is 11.9 Å². The van der Waals surface area contributed by atoms with Gasteiger partial charge in [0.2, 0.25) is 5.91 Å². The molecule has 1 aliphatic rings. The van der Waals surface area contributed by atoms with Crippen LogP contribution in [-0.4, -0.2) is 39.1 Å². The number of imidazole rings is 1. The molecule has 0 radical (unpaired) electrons. The fraction of sp³-hybridized carbons (Fsp3) is 0.0833. The Morgan fingerprint density at radius 1 is 0.935 bits per heavy atom. The summed E-state index contributed by atoms with van der Waals surface area (Å²) < 4.78 is 0. The molecule has 7 heteroatoms. The van der Waals surface area contributed by atoms with Gasteiger partial charge in [0.05, 0.1) is 27.8 Å². The number of fused-ring (bicyclic) bond motifs is 2. The number of amides is 3. The highest BCUT2D eigenvalue weighted by Gasteiger charge is 2.36. The van der Waals surface area contributed by atoms with Crippen LogP contribution >= 0.6 is 0 Å². The average molecular weight is 410 g/mol. The molecule has 1 aliphatic heterocycles. The smallest absolute Gasteiger partial charge is 0.262 e. The Labute approximate surface area is 177 Å². The molecule has 7 nitrogen and oxygen atoms in total. The van der Waals surface area contributed by atoms with Gasteiger partial charge in [-0.1, -0.05) is 35.9 Å². The Morgan fingerprint density at radius 2 is 1.68 bits per heavy atom. The summed E-state index contributed by atoms with van der Waals surface area (Å²) in [5.74, 6) is -0.756. The van der Waals surface area contributed by atoms with Gasteiger partial charge < -0.3 is 10.3 Å². The van der Waals surface area contributed by atoms with Crippen LogP contribution in [-0.2, 0) is 4.79 Å². The van der Waals surface area contributed by atoms with Crippen molar-refractivity contribution in [2.45, 2.75) is 6.92 Å². The predicted molar refractivity (Wildman–Crippen MR) is 117 cm³/mol. The normalized spacial score (nSPS) is 13.0. The molecule has 3 aromatic carbocycles. The molecule has 5 rings (SSSR count). The van der Waals surface area contributed by atoms with Crippen molar-refractivity contribution in [1.82, 2.24) is 14.9 Å². The number of hydrogen-bond donors (Lipinski definition) is 2. The maximum atomic E-state index is 12.7. The Bertz CT molecular complexity index is 1340. The molecular weight excluding hydrogens is 392 g/mol. The molecule has 0 bridgehead atoms. The van der Waals surface area contributed by atoms with E-state index in [-0.39, 0.29) is 6.54 Å². The molecule has 3 amide bonds. The van der Waals surface area contributed by atoms with Crippen LogP contribution in [0, 0.1) is 6.92 Å². The number of aromatic amines is 1. The number of benzene rings is 3. The monoisotopic (exact) mass is 410 g/mol. The fourth-order valence-electron chi connectivity index (χ4n) is 3.76. The van der Waals surface area contributed by atoms with Gasteiger partial charge in [0, 0.05) is 5.56 Å². The number of aryl methyl sites for hydroxylation is 1. The lowest BCUT2D eigenvalue weighted by atomic mass is 10.1. The summed E-state index contributed by atoms with van der Waals surface area (Å²) in [5, 5.41) is 2.81. The molecule has 1 aromatic heterocycles. The van der Waals surface area contributed by atoms with Crippen molar-refractivity contribution < 1.29 is 14.4 Å². The number of aromatic nitrogens is 2. The zero-order chi connectivity index (χ0) is 21.5. The number of anilines is 1. The van der Waals surface area contributed by atoms with E-state index in [0.717, 1.165) is 21.5 Å². The summed E-state index contributed by atoms with van der Waals surface area (Å²) in [7, 11) is 0.